The maximum absolute atomic E-state index is 13.6. The first-order valence-electron chi connectivity index (χ1n) is 10.5. The summed E-state index contributed by atoms with van der Waals surface area (Å²) in [6.07, 6.45) is 7.89. The highest BCUT2D eigenvalue weighted by Gasteiger charge is 2.50. The zero-order chi connectivity index (χ0) is 19.8. The van der Waals surface area contributed by atoms with Crippen molar-refractivity contribution in [3.05, 3.63) is 72.1 Å². The zero-order valence-corrected chi connectivity index (χ0v) is 16.4. The fourth-order valence-electron chi connectivity index (χ4n) is 5.34. The van der Waals surface area contributed by atoms with Crippen LogP contribution < -0.4 is 0 Å². The summed E-state index contributed by atoms with van der Waals surface area (Å²) in [5.74, 6) is 0.0560. The van der Waals surface area contributed by atoms with E-state index in [1.807, 2.05) is 53.4 Å². The normalized spacial score (nSPS) is 26.9. The molecule has 0 spiro atoms. The molecule has 2 fully saturated rings. The van der Waals surface area contributed by atoms with Gasteiger partial charge in [-0.2, -0.15) is 0 Å². The quantitative estimate of drug-likeness (QED) is 0.724. The molecule has 2 heterocycles. The van der Waals surface area contributed by atoms with Crippen LogP contribution in [0.4, 0.5) is 0 Å². The van der Waals surface area contributed by atoms with Gasteiger partial charge in [-0.3, -0.25) is 14.8 Å². The van der Waals surface area contributed by atoms with Gasteiger partial charge in [0.15, 0.2) is 0 Å². The van der Waals surface area contributed by atoms with Gasteiger partial charge in [-0.15, -0.1) is 0 Å². The number of fused-ring (bicyclic) bond motifs is 2. The summed E-state index contributed by atoms with van der Waals surface area (Å²) in [6, 6.07) is 15.6. The van der Waals surface area contributed by atoms with Crippen LogP contribution in [0.1, 0.15) is 48.0 Å². The number of aliphatic hydroxyl groups is 1. The molecule has 2 aliphatic rings. The first-order valence-corrected chi connectivity index (χ1v) is 10.5. The SMILES string of the molecule is O=C(c1cccc2nccnc12)N1CC[C@@](O)(c2ccccc2)[C@@H]2CCCCC21. The van der Waals surface area contributed by atoms with E-state index >= 15 is 0 Å². The second kappa shape index (κ2) is 7.23. The molecule has 5 nitrogen and oxygen atoms in total. The van der Waals surface area contributed by atoms with E-state index in [2.05, 4.69) is 9.97 Å². The first kappa shape index (κ1) is 18.3. The van der Waals surface area contributed by atoms with Crippen LogP contribution in [0.2, 0.25) is 0 Å². The molecule has 1 saturated heterocycles. The Kier molecular flexibility index (Phi) is 4.55. The van der Waals surface area contributed by atoms with Gasteiger partial charge < -0.3 is 10.0 Å². The summed E-state index contributed by atoms with van der Waals surface area (Å²) in [7, 11) is 0. The van der Waals surface area contributed by atoms with E-state index in [4.69, 9.17) is 0 Å². The summed E-state index contributed by atoms with van der Waals surface area (Å²) in [6.45, 7) is 0.544. The highest BCUT2D eigenvalue weighted by molar-refractivity contribution is 6.04. The number of para-hydroxylation sites is 1. The van der Waals surface area contributed by atoms with E-state index in [1.165, 1.54) is 0 Å². The molecule has 1 saturated carbocycles. The van der Waals surface area contributed by atoms with Crippen molar-refractivity contribution in [1.29, 1.82) is 0 Å². The molecule has 1 aromatic heterocycles. The van der Waals surface area contributed by atoms with Crippen LogP contribution in [-0.4, -0.2) is 38.5 Å². The third-order valence-corrected chi connectivity index (χ3v) is 6.74. The van der Waals surface area contributed by atoms with Crippen LogP contribution in [-0.2, 0) is 5.60 Å². The number of likely N-dealkylation sites (tertiary alicyclic amines) is 1. The van der Waals surface area contributed by atoms with Gasteiger partial charge in [-0.05, 0) is 37.0 Å². The molecule has 1 amide bonds. The number of nitrogens with zero attached hydrogens (tertiary/aromatic N) is 3. The van der Waals surface area contributed by atoms with Crippen LogP contribution in [0.15, 0.2) is 60.9 Å². The topological polar surface area (TPSA) is 66.3 Å². The zero-order valence-electron chi connectivity index (χ0n) is 16.4. The molecule has 2 aromatic carbocycles. The second-order valence-corrected chi connectivity index (χ2v) is 8.23. The molecule has 1 N–H and O–H groups in total. The number of carbonyl (C=O) groups excluding carboxylic acids is 1. The van der Waals surface area contributed by atoms with Crippen molar-refractivity contribution in [2.75, 3.05) is 6.54 Å². The fraction of sp³-hybridized carbons (Fsp3) is 0.375. The minimum absolute atomic E-state index is 0.00288. The van der Waals surface area contributed by atoms with E-state index in [0.717, 1.165) is 36.8 Å². The molecule has 5 rings (SSSR count). The summed E-state index contributed by atoms with van der Waals surface area (Å²) in [4.78, 5) is 24.3. The smallest absolute Gasteiger partial charge is 0.256 e. The van der Waals surface area contributed by atoms with E-state index in [-0.39, 0.29) is 17.9 Å². The Morgan fingerprint density at radius 1 is 1.00 bits per heavy atom. The molecule has 5 heteroatoms. The Bertz CT molecular complexity index is 1030. The van der Waals surface area contributed by atoms with Crippen molar-refractivity contribution in [2.45, 2.75) is 43.7 Å². The molecule has 1 aliphatic heterocycles. The van der Waals surface area contributed by atoms with Gasteiger partial charge in [0.2, 0.25) is 0 Å². The summed E-state index contributed by atoms with van der Waals surface area (Å²) >= 11 is 0. The molecule has 3 atom stereocenters. The van der Waals surface area contributed by atoms with Crippen LogP contribution in [0.25, 0.3) is 11.0 Å². The Hall–Kier alpha value is -2.79. The third-order valence-electron chi connectivity index (χ3n) is 6.74. The lowest BCUT2D eigenvalue weighted by molar-refractivity contribution is -0.110. The van der Waals surface area contributed by atoms with E-state index < -0.39 is 5.60 Å². The minimum atomic E-state index is -0.873. The summed E-state index contributed by atoms with van der Waals surface area (Å²) in [5, 5.41) is 11.7. The number of rotatable bonds is 2. The lowest BCUT2D eigenvalue weighted by Crippen LogP contribution is -2.59. The number of benzene rings is 2. The fourth-order valence-corrected chi connectivity index (χ4v) is 5.34. The largest absolute Gasteiger partial charge is 0.385 e. The van der Waals surface area contributed by atoms with Crippen molar-refractivity contribution < 1.29 is 9.90 Å². The van der Waals surface area contributed by atoms with Crippen molar-refractivity contribution in [1.82, 2.24) is 14.9 Å². The standard InChI is InChI=1S/C24H25N3O2/c28-23(18-9-6-11-20-22(18)26-15-14-25-20)27-16-13-24(29,17-7-2-1-3-8-17)19-10-4-5-12-21(19)27/h1-3,6-9,11,14-15,19,21,29H,4-5,10,12-13,16H2/t19-,21?,24-/m1/s1. The Morgan fingerprint density at radius 3 is 2.66 bits per heavy atom. The van der Waals surface area contributed by atoms with Crippen molar-refractivity contribution in [2.24, 2.45) is 5.92 Å². The van der Waals surface area contributed by atoms with Crippen molar-refractivity contribution in [3.8, 4) is 0 Å². The van der Waals surface area contributed by atoms with Gasteiger partial charge in [0.25, 0.3) is 5.91 Å². The van der Waals surface area contributed by atoms with Gasteiger partial charge in [0, 0.05) is 30.9 Å². The number of hydrogen-bond acceptors (Lipinski definition) is 4. The third kappa shape index (κ3) is 3.01. The molecule has 1 unspecified atom stereocenters. The average molecular weight is 387 g/mol. The predicted molar refractivity (Wildman–Crippen MR) is 111 cm³/mol. The second-order valence-electron chi connectivity index (χ2n) is 8.23. The van der Waals surface area contributed by atoms with Gasteiger partial charge in [0.05, 0.1) is 16.7 Å². The van der Waals surface area contributed by atoms with Crippen LogP contribution in [0, 0.1) is 5.92 Å². The van der Waals surface area contributed by atoms with Gasteiger partial charge in [-0.25, -0.2) is 0 Å². The Balaban J connectivity index is 1.52. The lowest BCUT2D eigenvalue weighted by atomic mass is 9.66. The van der Waals surface area contributed by atoms with E-state index in [0.29, 0.717) is 24.0 Å². The molecule has 3 aromatic rings. The average Bonchev–Trinajstić information content (AvgIpc) is 2.79. The van der Waals surface area contributed by atoms with Crippen LogP contribution >= 0.6 is 0 Å². The highest BCUT2D eigenvalue weighted by atomic mass is 16.3. The van der Waals surface area contributed by atoms with E-state index in [1.54, 1.807) is 12.4 Å². The number of hydrogen-bond donors (Lipinski definition) is 1. The van der Waals surface area contributed by atoms with Gasteiger partial charge in [0.1, 0.15) is 5.52 Å². The van der Waals surface area contributed by atoms with Crippen molar-refractivity contribution >= 4 is 16.9 Å². The predicted octanol–water partition coefficient (Wildman–Crippen LogP) is 3.92. The Labute approximate surface area is 170 Å². The van der Waals surface area contributed by atoms with Crippen LogP contribution in [0.3, 0.4) is 0 Å². The van der Waals surface area contributed by atoms with Crippen molar-refractivity contribution in [3.63, 3.8) is 0 Å². The maximum atomic E-state index is 13.6. The molecule has 29 heavy (non-hydrogen) atoms. The number of aromatic nitrogens is 2. The minimum Gasteiger partial charge on any atom is -0.385 e. The van der Waals surface area contributed by atoms with Gasteiger partial charge in [-0.1, -0.05) is 49.2 Å². The molecule has 0 radical (unpaired) electrons. The summed E-state index contributed by atoms with van der Waals surface area (Å²) < 4.78 is 0. The van der Waals surface area contributed by atoms with Crippen LogP contribution in [0.5, 0.6) is 0 Å². The highest BCUT2D eigenvalue weighted by Crippen LogP contribution is 2.47. The number of amides is 1. The molecular weight excluding hydrogens is 362 g/mol. The molecular formula is C24H25N3O2. The molecule has 148 valence electrons. The molecule has 1 aliphatic carbocycles. The number of piperidine rings is 1. The summed E-state index contributed by atoms with van der Waals surface area (Å²) in [5.41, 5.74) is 2.08. The number of carbonyl (C=O) groups is 1. The Morgan fingerprint density at radius 2 is 1.79 bits per heavy atom. The lowest BCUT2D eigenvalue weighted by Gasteiger charge is -2.52. The molecule has 0 bridgehead atoms. The monoisotopic (exact) mass is 387 g/mol. The van der Waals surface area contributed by atoms with Gasteiger partial charge >= 0.3 is 0 Å². The first-order chi connectivity index (χ1) is 14.2. The maximum Gasteiger partial charge on any atom is 0.256 e. The van der Waals surface area contributed by atoms with E-state index in [9.17, 15) is 9.90 Å².